The zero-order chi connectivity index (χ0) is 16.2. The van der Waals surface area contributed by atoms with Crippen LogP contribution >= 0.6 is 11.8 Å². The van der Waals surface area contributed by atoms with E-state index in [1.807, 2.05) is 30.5 Å². The van der Waals surface area contributed by atoms with Gasteiger partial charge in [-0.15, -0.1) is 0 Å². The number of hydrogen-bond acceptors (Lipinski definition) is 3. The highest BCUT2D eigenvalue weighted by Gasteiger charge is 2.13. The first-order chi connectivity index (χ1) is 11.2. The molecular formula is C18H17FN2OS. The van der Waals surface area contributed by atoms with Crippen molar-refractivity contribution in [1.82, 2.24) is 9.55 Å². The van der Waals surface area contributed by atoms with E-state index in [0.29, 0.717) is 0 Å². The Hall–Kier alpha value is -2.27. The summed E-state index contributed by atoms with van der Waals surface area (Å²) in [6.07, 6.45) is 1.85. The summed E-state index contributed by atoms with van der Waals surface area (Å²) in [4.78, 5) is 4.52. The maximum atomic E-state index is 13.2. The Kier molecular flexibility index (Phi) is 4.67. The quantitative estimate of drug-likeness (QED) is 0.630. The summed E-state index contributed by atoms with van der Waals surface area (Å²) in [5, 5.41) is 0.893. The van der Waals surface area contributed by atoms with Gasteiger partial charge < -0.3 is 4.74 Å². The van der Waals surface area contributed by atoms with Gasteiger partial charge in [-0.05, 0) is 54.3 Å². The van der Waals surface area contributed by atoms with Gasteiger partial charge in [0.15, 0.2) is 5.16 Å². The first-order valence-electron chi connectivity index (χ1n) is 7.34. The van der Waals surface area contributed by atoms with Crippen molar-refractivity contribution in [1.29, 1.82) is 0 Å². The van der Waals surface area contributed by atoms with E-state index in [-0.39, 0.29) is 5.82 Å². The number of methoxy groups -OCH3 is 1. The summed E-state index contributed by atoms with van der Waals surface area (Å²) in [5.74, 6) is 1.48. The second kappa shape index (κ2) is 6.87. The molecule has 0 spiro atoms. The number of halogens is 1. The number of aromatic nitrogens is 2. The Morgan fingerprint density at radius 3 is 2.39 bits per heavy atom. The molecule has 1 heterocycles. The number of nitrogens with zero attached hydrogens (tertiary/aromatic N) is 2. The van der Waals surface area contributed by atoms with Gasteiger partial charge in [0.05, 0.1) is 19.0 Å². The Labute approximate surface area is 139 Å². The van der Waals surface area contributed by atoms with E-state index in [1.54, 1.807) is 31.0 Å². The molecule has 0 aliphatic rings. The number of imidazole rings is 1. The maximum absolute atomic E-state index is 13.2. The number of rotatable bonds is 5. The van der Waals surface area contributed by atoms with Crippen molar-refractivity contribution in [3.8, 4) is 22.7 Å². The van der Waals surface area contributed by atoms with Crippen LogP contribution in [0.3, 0.4) is 0 Å². The van der Waals surface area contributed by atoms with E-state index in [2.05, 4.69) is 16.5 Å². The lowest BCUT2D eigenvalue weighted by molar-refractivity contribution is 0.415. The second-order valence-corrected chi connectivity index (χ2v) is 6.13. The van der Waals surface area contributed by atoms with Crippen LogP contribution in [-0.4, -0.2) is 22.4 Å². The second-order valence-electron chi connectivity index (χ2n) is 4.90. The standard InChI is InChI=1S/C18H17FN2OS/c1-3-23-18-20-12-17(13-4-10-16(22-2)11-5-13)21(18)15-8-6-14(19)7-9-15/h4-12H,3H2,1-2H3. The van der Waals surface area contributed by atoms with E-state index in [9.17, 15) is 4.39 Å². The molecule has 23 heavy (non-hydrogen) atoms. The molecule has 118 valence electrons. The van der Waals surface area contributed by atoms with Gasteiger partial charge in [0.1, 0.15) is 11.6 Å². The van der Waals surface area contributed by atoms with E-state index in [1.165, 1.54) is 12.1 Å². The van der Waals surface area contributed by atoms with Crippen molar-refractivity contribution in [3.63, 3.8) is 0 Å². The molecule has 2 aromatic carbocycles. The molecule has 0 amide bonds. The van der Waals surface area contributed by atoms with E-state index in [4.69, 9.17) is 4.74 Å². The Morgan fingerprint density at radius 1 is 1.09 bits per heavy atom. The van der Waals surface area contributed by atoms with Crippen molar-refractivity contribution in [2.24, 2.45) is 0 Å². The summed E-state index contributed by atoms with van der Waals surface area (Å²) in [6.45, 7) is 2.08. The first kappa shape index (κ1) is 15.6. The summed E-state index contributed by atoms with van der Waals surface area (Å²) >= 11 is 1.66. The topological polar surface area (TPSA) is 27.1 Å². The van der Waals surface area contributed by atoms with Gasteiger partial charge in [-0.1, -0.05) is 18.7 Å². The predicted octanol–water partition coefficient (Wildman–Crippen LogP) is 4.80. The first-order valence-corrected chi connectivity index (χ1v) is 8.32. The highest BCUT2D eigenvalue weighted by Crippen LogP contribution is 2.30. The molecule has 0 unspecified atom stereocenters. The summed E-state index contributed by atoms with van der Waals surface area (Å²) < 4.78 is 20.5. The Bertz CT molecular complexity index is 782. The molecule has 1 aromatic heterocycles. The predicted molar refractivity (Wildman–Crippen MR) is 91.9 cm³/mol. The van der Waals surface area contributed by atoms with Gasteiger partial charge in [-0.25, -0.2) is 9.37 Å². The fraction of sp³-hybridized carbons (Fsp3) is 0.167. The van der Waals surface area contributed by atoms with Crippen LogP contribution in [0.25, 0.3) is 16.9 Å². The minimum atomic E-state index is -0.246. The van der Waals surface area contributed by atoms with Gasteiger partial charge in [0.2, 0.25) is 0 Å². The molecule has 3 aromatic rings. The van der Waals surface area contributed by atoms with Gasteiger partial charge in [-0.2, -0.15) is 0 Å². The van der Waals surface area contributed by atoms with E-state index < -0.39 is 0 Å². The van der Waals surface area contributed by atoms with Crippen LogP contribution in [0.5, 0.6) is 5.75 Å². The van der Waals surface area contributed by atoms with E-state index in [0.717, 1.165) is 33.6 Å². The molecule has 3 nitrogen and oxygen atoms in total. The number of ether oxygens (including phenoxy) is 1. The molecule has 0 radical (unpaired) electrons. The maximum Gasteiger partial charge on any atom is 0.173 e. The third kappa shape index (κ3) is 3.24. The van der Waals surface area contributed by atoms with Gasteiger partial charge in [-0.3, -0.25) is 4.57 Å². The lowest BCUT2D eigenvalue weighted by Gasteiger charge is -2.12. The lowest BCUT2D eigenvalue weighted by atomic mass is 10.1. The minimum Gasteiger partial charge on any atom is -0.497 e. The lowest BCUT2D eigenvalue weighted by Crippen LogP contribution is -1.99. The highest BCUT2D eigenvalue weighted by atomic mass is 32.2. The Morgan fingerprint density at radius 2 is 1.78 bits per heavy atom. The molecule has 0 aliphatic heterocycles. The number of thioether (sulfide) groups is 1. The zero-order valence-electron chi connectivity index (χ0n) is 13.0. The van der Waals surface area contributed by atoms with Crippen LogP contribution < -0.4 is 4.74 Å². The molecule has 0 saturated carbocycles. The van der Waals surface area contributed by atoms with Crippen LogP contribution in [0.4, 0.5) is 4.39 Å². The van der Waals surface area contributed by atoms with Crippen LogP contribution in [0.15, 0.2) is 59.9 Å². The molecule has 0 fully saturated rings. The van der Waals surface area contributed by atoms with Gasteiger partial charge in [0, 0.05) is 11.3 Å². The average molecular weight is 328 g/mol. The van der Waals surface area contributed by atoms with Crippen molar-refractivity contribution in [2.75, 3.05) is 12.9 Å². The Balaban J connectivity index is 2.11. The largest absolute Gasteiger partial charge is 0.497 e. The van der Waals surface area contributed by atoms with Crippen LogP contribution in [0.1, 0.15) is 6.92 Å². The van der Waals surface area contributed by atoms with E-state index >= 15 is 0 Å². The number of hydrogen-bond donors (Lipinski definition) is 0. The van der Waals surface area contributed by atoms with Crippen molar-refractivity contribution < 1.29 is 9.13 Å². The molecule has 0 saturated heterocycles. The van der Waals surface area contributed by atoms with Gasteiger partial charge >= 0.3 is 0 Å². The normalized spacial score (nSPS) is 10.7. The summed E-state index contributed by atoms with van der Waals surface area (Å²) in [7, 11) is 1.65. The molecule has 0 atom stereocenters. The molecule has 3 rings (SSSR count). The highest BCUT2D eigenvalue weighted by molar-refractivity contribution is 7.99. The number of benzene rings is 2. The zero-order valence-corrected chi connectivity index (χ0v) is 13.8. The smallest absolute Gasteiger partial charge is 0.173 e. The van der Waals surface area contributed by atoms with Crippen molar-refractivity contribution >= 4 is 11.8 Å². The van der Waals surface area contributed by atoms with Crippen molar-refractivity contribution in [2.45, 2.75) is 12.1 Å². The molecule has 0 N–H and O–H groups in total. The van der Waals surface area contributed by atoms with Gasteiger partial charge in [0.25, 0.3) is 0 Å². The molecule has 5 heteroatoms. The third-order valence-electron chi connectivity index (χ3n) is 3.47. The van der Waals surface area contributed by atoms with Crippen LogP contribution in [0, 0.1) is 5.82 Å². The van der Waals surface area contributed by atoms with Crippen LogP contribution in [-0.2, 0) is 0 Å². The molecule has 0 bridgehead atoms. The fourth-order valence-corrected chi connectivity index (χ4v) is 3.09. The third-order valence-corrected chi connectivity index (χ3v) is 4.31. The van der Waals surface area contributed by atoms with Crippen LogP contribution in [0.2, 0.25) is 0 Å². The SMILES string of the molecule is CCSc1ncc(-c2ccc(OC)cc2)n1-c1ccc(F)cc1. The summed E-state index contributed by atoms with van der Waals surface area (Å²) in [6, 6.07) is 14.3. The fourth-order valence-electron chi connectivity index (χ4n) is 2.37. The minimum absolute atomic E-state index is 0.246. The van der Waals surface area contributed by atoms with Crippen molar-refractivity contribution in [3.05, 3.63) is 60.5 Å². The monoisotopic (exact) mass is 328 g/mol. The average Bonchev–Trinajstić information content (AvgIpc) is 3.00. The molecule has 0 aliphatic carbocycles. The molecular weight excluding hydrogens is 311 g/mol. The summed E-state index contributed by atoms with van der Waals surface area (Å²) in [5.41, 5.74) is 2.89.